The van der Waals surface area contributed by atoms with E-state index in [1.807, 2.05) is 0 Å². The molecule has 2 rings (SSSR count). The van der Waals surface area contributed by atoms with Crippen molar-refractivity contribution >= 4 is 27.7 Å². The minimum Gasteiger partial charge on any atom is -0.325 e. The predicted octanol–water partition coefficient (Wildman–Crippen LogP) is 1.40. The van der Waals surface area contributed by atoms with Gasteiger partial charge >= 0.3 is 0 Å². The van der Waals surface area contributed by atoms with Crippen LogP contribution < -0.4 is 5.32 Å². The van der Waals surface area contributed by atoms with Gasteiger partial charge in [-0.3, -0.25) is 9.59 Å². The Balaban J connectivity index is 2.09. The number of anilines is 1. The van der Waals surface area contributed by atoms with E-state index in [-0.39, 0.29) is 5.75 Å². The van der Waals surface area contributed by atoms with Gasteiger partial charge in [0.1, 0.15) is 11.5 Å². The first-order valence-electron chi connectivity index (χ1n) is 6.10. The first kappa shape index (κ1) is 13.7. The van der Waals surface area contributed by atoms with E-state index in [2.05, 4.69) is 5.32 Å². The Labute approximate surface area is 111 Å². The fourth-order valence-electron chi connectivity index (χ4n) is 2.12. The second kappa shape index (κ2) is 5.52. The second-order valence-electron chi connectivity index (χ2n) is 4.58. The smallest absolute Gasteiger partial charge is 0.242 e. The SMILES string of the molecule is O=Cc1ccc(NC(=O)C2CCCCS2(=O)=O)cc1. The van der Waals surface area contributed by atoms with E-state index in [4.69, 9.17) is 0 Å². The van der Waals surface area contributed by atoms with Crippen molar-refractivity contribution in [1.82, 2.24) is 0 Å². The van der Waals surface area contributed by atoms with Crippen molar-refractivity contribution in [3.8, 4) is 0 Å². The summed E-state index contributed by atoms with van der Waals surface area (Å²) in [5.74, 6) is -0.409. The van der Waals surface area contributed by atoms with Crippen LogP contribution in [0.1, 0.15) is 29.6 Å². The third kappa shape index (κ3) is 3.20. The molecule has 1 amide bonds. The molecular weight excluding hydrogens is 266 g/mol. The third-order valence-electron chi connectivity index (χ3n) is 3.19. The van der Waals surface area contributed by atoms with E-state index in [0.29, 0.717) is 30.4 Å². The van der Waals surface area contributed by atoms with Gasteiger partial charge in [-0.1, -0.05) is 6.42 Å². The maximum atomic E-state index is 12.0. The van der Waals surface area contributed by atoms with Crippen LogP contribution in [-0.2, 0) is 14.6 Å². The van der Waals surface area contributed by atoms with Gasteiger partial charge in [0, 0.05) is 11.3 Å². The summed E-state index contributed by atoms with van der Waals surface area (Å²) in [5, 5.41) is 1.63. The molecule has 1 heterocycles. The van der Waals surface area contributed by atoms with E-state index in [1.54, 1.807) is 24.3 Å². The molecule has 0 spiro atoms. The summed E-state index contributed by atoms with van der Waals surface area (Å²) < 4.78 is 23.6. The number of hydrogen-bond acceptors (Lipinski definition) is 4. The number of nitrogens with one attached hydrogen (secondary N) is 1. The molecule has 6 heteroatoms. The Morgan fingerprint density at radius 3 is 2.47 bits per heavy atom. The zero-order chi connectivity index (χ0) is 13.9. The van der Waals surface area contributed by atoms with Crippen molar-refractivity contribution in [2.75, 3.05) is 11.1 Å². The maximum absolute atomic E-state index is 12.0. The third-order valence-corrected chi connectivity index (χ3v) is 5.36. The van der Waals surface area contributed by atoms with Gasteiger partial charge in [-0.25, -0.2) is 8.42 Å². The van der Waals surface area contributed by atoms with Crippen LogP contribution in [0, 0.1) is 0 Å². The monoisotopic (exact) mass is 281 g/mol. The molecule has 1 aliphatic rings. The molecule has 1 aliphatic heterocycles. The van der Waals surface area contributed by atoms with Crippen LogP contribution in [0.25, 0.3) is 0 Å². The first-order chi connectivity index (χ1) is 9.03. The van der Waals surface area contributed by atoms with Crippen molar-refractivity contribution in [3.05, 3.63) is 29.8 Å². The normalized spacial score (nSPS) is 21.6. The standard InChI is InChI=1S/C13H15NO4S/c15-9-10-4-6-11(7-5-10)14-13(16)12-3-1-2-8-19(12,17)18/h4-7,9,12H,1-3,8H2,(H,14,16). The van der Waals surface area contributed by atoms with Crippen LogP contribution >= 0.6 is 0 Å². The fourth-order valence-corrected chi connectivity index (χ4v) is 3.92. The maximum Gasteiger partial charge on any atom is 0.242 e. The molecule has 19 heavy (non-hydrogen) atoms. The summed E-state index contributed by atoms with van der Waals surface area (Å²) in [7, 11) is -3.32. The Bertz CT molecular complexity index is 577. The van der Waals surface area contributed by atoms with E-state index >= 15 is 0 Å². The fraction of sp³-hybridized carbons (Fsp3) is 0.385. The lowest BCUT2D eigenvalue weighted by atomic mass is 10.1. The molecule has 5 nitrogen and oxygen atoms in total. The molecule has 1 aromatic carbocycles. The predicted molar refractivity (Wildman–Crippen MR) is 71.9 cm³/mol. The Kier molecular flexibility index (Phi) is 3.99. The summed E-state index contributed by atoms with van der Waals surface area (Å²) in [6.07, 6.45) is 2.46. The summed E-state index contributed by atoms with van der Waals surface area (Å²) in [6.45, 7) is 0. The number of hydrogen-bond donors (Lipinski definition) is 1. The van der Waals surface area contributed by atoms with Crippen molar-refractivity contribution in [3.63, 3.8) is 0 Å². The van der Waals surface area contributed by atoms with Gasteiger partial charge in [-0.2, -0.15) is 0 Å². The van der Waals surface area contributed by atoms with Crippen molar-refractivity contribution in [2.24, 2.45) is 0 Å². The van der Waals surface area contributed by atoms with Gasteiger partial charge < -0.3 is 5.32 Å². The number of sulfone groups is 1. The summed E-state index contributed by atoms with van der Waals surface area (Å²) in [5.41, 5.74) is 1.000. The van der Waals surface area contributed by atoms with Crippen LogP contribution in [-0.4, -0.2) is 31.6 Å². The van der Waals surface area contributed by atoms with Gasteiger partial charge in [0.05, 0.1) is 5.75 Å². The lowest BCUT2D eigenvalue weighted by Crippen LogP contribution is -2.39. The van der Waals surface area contributed by atoms with Crippen molar-refractivity contribution in [2.45, 2.75) is 24.5 Å². The summed E-state index contributed by atoms with van der Waals surface area (Å²) in [4.78, 5) is 22.5. The van der Waals surface area contributed by atoms with Gasteiger partial charge in [-0.15, -0.1) is 0 Å². The van der Waals surface area contributed by atoms with E-state index in [9.17, 15) is 18.0 Å². The topological polar surface area (TPSA) is 80.3 Å². The highest BCUT2D eigenvalue weighted by Crippen LogP contribution is 2.21. The number of carbonyl (C=O) groups excluding carboxylic acids is 2. The largest absolute Gasteiger partial charge is 0.325 e. The number of benzene rings is 1. The van der Waals surface area contributed by atoms with Crippen LogP contribution in [0.2, 0.25) is 0 Å². The summed E-state index contributed by atoms with van der Waals surface area (Å²) in [6, 6.07) is 6.30. The second-order valence-corrected chi connectivity index (χ2v) is 6.88. The van der Waals surface area contributed by atoms with Crippen LogP contribution in [0.5, 0.6) is 0 Å². The van der Waals surface area contributed by atoms with Gasteiger partial charge in [0.25, 0.3) is 0 Å². The molecule has 1 saturated heterocycles. The minimum absolute atomic E-state index is 0.0785. The average Bonchev–Trinajstić information content (AvgIpc) is 2.39. The summed E-state index contributed by atoms with van der Waals surface area (Å²) >= 11 is 0. The molecular formula is C13H15NO4S. The van der Waals surface area contributed by atoms with Crippen LogP contribution in [0.15, 0.2) is 24.3 Å². The number of amides is 1. The van der Waals surface area contributed by atoms with Crippen molar-refractivity contribution in [1.29, 1.82) is 0 Å². The highest BCUT2D eigenvalue weighted by Gasteiger charge is 2.34. The molecule has 1 unspecified atom stereocenters. The molecule has 0 aromatic heterocycles. The highest BCUT2D eigenvalue weighted by molar-refractivity contribution is 7.92. The molecule has 1 N–H and O–H groups in total. The van der Waals surface area contributed by atoms with E-state index in [1.165, 1.54) is 0 Å². The minimum atomic E-state index is -3.32. The molecule has 1 fully saturated rings. The Morgan fingerprint density at radius 1 is 1.21 bits per heavy atom. The van der Waals surface area contributed by atoms with Gasteiger partial charge in [-0.05, 0) is 37.1 Å². The molecule has 0 bridgehead atoms. The average molecular weight is 281 g/mol. The van der Waals surface area contributed by atoms with Gasteiger partial charge in [0.15, 0.2) is 9.84 Å². The van der Waals surface area contributed by atoms with Crippen LogP contribution in [0.4, 0.5) is 5.69 Å². The zero-order valence-electron chi connectivity index (χ0n) is 10.3. The quantitative estimate of drug-likeness (QED) is 0.849. The number of aldehydes is 1. The molecule has 0 radical (unpaired) electrons. The van der Waals surface area contributed by atoms with E-state index in [0.717, 1.165) is 6.42 Å². The highest BCUT2D eigenvalue weighted by atomic mass is 32.2. The van der Waals surface area contributed by atoms with E-state index < -0.39 is 21.0 Å². The number of carbonyl (C=O) groups is 2. The molecule has 1 atom stereocenters. The van der Waals surface area contributed by atoms with Gasteiger partial charge in [0.2, 0.25) is 5.91 Å². The lowest BCUT2D eigenvalue weighted by Gasteiger charge is -2.21. The van der Waals surface area contributed by atoms with Crippen molar-refractivity contribution < 1.29 is 18.0 Å². The lowest BCUT2D eigenvalue weighted by molar-refractivity contribution is -0.116. The molecule has 0 saturated carbocycles. The van der Waals surface area contributed by atoms with Crippen LogP contribution in [0.3, 0.4) is 0 Å². The Hall–Kier alpha value is -1.69. The molecule has 102 valence electrons. The Morgan fingerprint density at radius 2 is 1.89 bits per heavy atom. The molecule has 0 aliphatic carbocycles. The molecule has 1 aromatic rings. The zero-order valence-corrected chi connectivity index (χ0v) is 11.2. The number of rotatable bonds is 3. The first-order valence-corrected chi connectivity index (χ1v) is 7.82.